The van der Waals surface area contributed by atoms with Gasteiger partial charge in [0, 0.05) is 0 Å². The van der Waals surface area contributed by atoms with E-state index in [2.05, 4.69) is 5.32 Å². The molecular weight excluding hydrogens is 250 g/mol. The minimum atomic E-state index is -1.06. The molecule has 1 atom stereocenters. The van der Waals surface area contributed by atoms with Gasteiger partial charge in [0.05, 0.1) is 6.10 Å². The molecule has 1 amide bonds. The molecule has 19 heavy (non-hydrogen) atoms. The van der Waals surface area contributed by atoms with Crippen molar-refractivity contribution in [3.63, 3.8) is 0 Å². The third kappa shape index (κ3) is 5.46. The average Bonchev–Trinajstić information content (AvgIpc) is 2.24. The molecule has 0 radical (unpaired) electrons. The molecule has 3 N–H and O–H groups in total. The Balaban J connectivity index is 2.58. The Morgan fingerprint density at radius 1 is 1.21 bits per heavy atom. The molecule has 0 aromatic heterocycles. The van der Waals surface area contributed by atoms with Crippen molar-refractivity contribution in [2.45, 2.75) is 64.2 Å². The van der Waals surface area contributed by atoms with Gasteiger partial charge in [-0.2, -0.15) is 0 Å². The molecule has 1 aliphatic rings. The minimum absolute atomic E-state index is 0.159. The summed E-state index contributed by atoms with van der Waals surface area (Å²) in [7, 11) is 0. The molecule has 0 bridgehead atoms. The van der Waals surface area contributed by atoms with Crippen molar-refractivity contribution in [1.82, 2.24) is 5.32 Å². The van der Waals surface area contributed by atoms with Crippen LogP contribution in [0.25, 0.3) is 0 Å². The third-order valence-electron chi connectivity index (χ3n) is 3.15. The second-order valence-electron chi connectivity index (χ2n) is 6.03. The van der Waals surface area contributed by atoms with E-state index in [0.29, 0.717) is 25.7 Å². The maximum absolute atomic E-state index is 11.6. The first-order chi connectivity index (χ1) is 8.69. The molecule has 6 heteroatoms. The maximum atomic E-state index is 11.6. The molecular formula is C13H23NO5. The third-order valence-corrected chi connectivity index (χ3v) is 3.15. The molecule has 110 valence electrons. The van der Waals surface area contributed by atoms with Crippen LogP contribution in [0.1, 0.15) is 46.5 Å². The molecule has 6 nitrogen and oxygen atoms in total. The number of nitrogens with one attached hydrogen (secondary N) is 1. The Hall–Kier alpha value is -1.30. The lowest BCUT2D eigenvalue weighted by Gasteiger charge is -2.30. The van der Waals surface area contributed by atoms with Crippen LogP contribution in [-0.2, 0) is 9.53 Å². The van der Waals surface area contributed by atoms with Crippen molar-refractivity contribution < 1.29 is 24.5 Å². The highest BCUT2D eigenvalue weighted by Crippen LogP contribution is 2.27. The second-order valence-corrected chi connectivity index (χ2v) is 6.03. The minimum Gasteiger partial charge on any atom is -0.480 e. The fourth-order valence-corrected chi connectivity index (χ4v) is 2.25. The lowest BCUT2D eigenvalue weighted by molar-refractivity contribution is -0.141. The summed E-state index contributed by atoms with van der Waals surface area (Å²) in [6.07, 6.45) is 1.26. The van der Waals surface area contributed by atoms with Crippen molar-refractivity contribution in [3.8, 4) is 0 Å². The Bertz CT molecular complexity index is 328. The van der Waals surface area contributed by atoms with Gasteiger partial charge in [-0.05, 0) is 52.4 Å². The topological polar surface area (TPSA) is 95.9 Å². The number of carboxylic acids is 1. The number of amides is 1. The number of rotatable bonds is 3. The summed E-state index contributed by atoms with van der Waals surface area (Å²) in [6, 6.07) is -0.956. The van der Waals surface area contributed by atoms with Crippen molar-refractivity contribution in [3.05, 3.63) is 0 Å². The van der Waals surface area contributed by atoms with Crippen LogP contribution in [0.5, 0.6) is 0 Å². The van der Waals surface area contributed by atoms with E-state index in [-0.39, 0.29) is 12.0 Å². The number of hydrogen-bond donors (Lipinski definition) is 3. The molecule has 1 unspecified atom stereocenters. The van der Waals surface area contributed by atoms with Gasteiger partial charge in [-0.1, -0.05) is 0 Å². The van der Waals surface area contributed by atoms with E-state index >= 15 is 0 Å². The van der Waals surface area contributed by atoms with Crippen LogP contribution >= 0.6 is 0 Å². The van der Waals surface area contributed by atoms with Gasteiger partial charge in [0.1, 0.15) is 11.6 Å². The summed E-state index contributed by atoms with van der Waals surface area (Å²) in [5.41, 5.74) is -0.657. The van der Waals surface area contributed by atoms with Gasteiger partial charge in [-0.15, -0.1) is 0 Å². The van der Waals surface area contributed by atoms with E-state index in [1.54, 1.807) is 20.8 Å². The maximum Gasteiger partial charge on any atom is 0.408 e. The van der Waals surface area contributed by atoms with Gasteiger partial charge in [-0.3, -0.25) is 0 Å². The fourth-order valence-electron chi connectivity index (χ4n) is 2.25. The number of carboxylic acid groups (broad SMARTS) is 1. The first-order valence-electron chi connectivity index (χ1n) is 6.59. The first-order valence-corrected chi connectivity index (χ1v) is 6.59. The zero-order valence-corrected chi connectivity index (χ0v) is 11.7. The number of aliphatic carboxylic acids is 1. The number of carbonyl (C=O) groups excluding carboxylic acids is 1. The molecule has 0 saturated heterocycles. The zero-order chi connectivity index (χ0) is 14.6. The van der Waals surface area contributed by atoms with Crippen molar-refractivity contribution >= 4 is 12.1 Å². The summed E-state index contributed by atoms with van der Waals surface area (Å²) < 4.78 is 5.07. The molecule has 0 aliphatic heterocycles. The molecule has 1 rings (SSSR count). The van der Waals surface area contributed by atoms with Crippen LogP contribution < -0.4 is 5.32 Å². The number of carbonyl (C=O) groups is 2. The number of alkyl carbamates (subject to hydrolysis) is 1. The number of hydrogen-bond acceptors (Lipinski definition) is 4. The molecule has 1 fully saturated rings. The molecule has 1 saturated carbocycles. The number of aliphatic hydroxyl groups is 1. The van der Waals surface area contributed by atoms with E-state index in [4.69, 9.17) is 4.74 Å². The van der Waals surface area contributed by atoms with Crippen LogP contribution in [0.2, 0.25) is 0 Å². The highest BCUT2D eigenvalue weighted by atomic mass is 16.6. The van der Waals surface area contributed by atoms with Crippen LogP contribution in [0.4, 0.5) is 4.79 Å². The quantitative estimate of drug-likeness (QED) is 0.724. The predicted octanol–water partition coefficient (Wildman–Crippen LogP) is 1.52. The van der Waals surface area contributed by atoms with Gasteiger partial charge in [-0.25, -0.2) is 9.59 Å². The lowest BCUT2D eigenvalue weighted by atomic mass is 9.82. The fraction of sp³-hybridized carbons (Fsp3) is 0.846. The highest BCUT2D eigenvalue weighted by molar-refractivity contribution is 5.80. The van der Waals surface area contributed by atoms with Gasteiger partial charge in [0.25, 0.3) is 0 Å². The van der Waals surface area contributed by atoms with E-state index in [1.165, 1.54) is 0 Å². The van der Waals surface area contributed by atoms with E-state index < -0.39 is 23.7 Å². The predicted molar refractivity (Wildman–Crippen MR) is 68.8 cm³/mol. The van der Waals surface area contributed by atoms with Gasteiger partial charge < -0.3 is 20.3 Å². The highest BCUT2D eigenvalue weighted by Gasteiger charge is 2.33. The Labute approximate surface area is 113 Å². The smallest absolute Gasteiger partial charge is 0.408 e. The number of aliphatic hydroxyl groups excluding tert-OH is 1. The van der Waals surface area contributed by atoms with Crippen LogP contribution in [0.15, 0.2) is 0 Å². The van der Waals surface area contributed by atoms with Crippen LogP contribution in [0.3, 0.4) is 0 Å². The van der Waals surface area contributed by atoms with Crippen molar-refractivity contribution in [1.29, 1.82) is 0 Å². The van der Waals surface area contributed by atoms with Crippen molar-refractivity contribution in [2.24, 2.45) is 5.92 Å². The van der Waals surface area contributed by atoms with Gasteiger partial charge >= 0.3 is 12.1 Å². The summed E-state index contributed by atoms with van der Waals surface area (Å²) in [5.74, 6) is -1.22. The monoisotopic (exact) mass is 273 g/mol. The molecule has 0 heterocycles. The zero-order valence-electron chi connectivity index (χ0n) is 11.7. The average molecular weight is 273 g/mol. The van der Waals surface area contributed by atoms with E-state index in [1.807, 2.05) is 0 Å². The molecule has 0 aromatic rings. The SMILES string of the molecule is CC(C)(C)OC(=O)NC(C(=O)O)C1CCC(O)CC1. The first kappa shape index (κ1) is 15.8. The summed E-state index contributed by atoms with van der Waals surface area (Å²) in [6.45, 7) is 5.16. The standard InChI is InChI=1S/C13H23NO5/c1-13(2,3)19-12(18)14-10(11(16)17)8-4-6-9(15)7-5-8/h8-10,15H,4-7H2,1-3H3,(H,14,18)(H,16,17). The van der Waals surface area contributed by atoms with E-state index in [0.717, 1.165) is 0 Å². The molecule has 1 aliphatic carbocycles. The molecule has 0 spiro atoms. The second kappa shape index (κ2) is 6.23. The molecule has 0 aromatic carbocycles. The summed E-state index contributed by atoms with van der Waals surface area (Å²) in [5, 5.41) is 21.0. The van der Waals surface area contributed by atoms with Gasteiger partial charge in [0.2, 0.25) is 0 Å². The Morgan fingerprint density at radius 2 is 1.74 bits per heavy atom. The van der Waals surface area contributed by atoms with Gasteiger partial charge in [0.15, 0.2) is 0 Å². The Kier molecular flexibility index (Phi) is 5.17. The number of ether oxygens (including phenoxy) is 1. The summed E-state index contributed by atoms with van der Waals surface area (Å²) in [4.78, 5) is 22.9. The largest absolute Gasteiger partial charge is 0.480 e. The lowest BCUT2D eigenvalue weighted by Crippen LogP contribution is -2.48. The van der Waals surface area contributed by atoms with Crippen molar-refractivity contribution in [2.75, 3.05) is 0 Å². The summed E-state index contributed by atoms with van der Waals surface area (Å²) >= 11 is 0. The Morgan fingerprint density at radius 3 is 2.16 bits per heavy atom. The van der Waals surface area contributed by atoms with Crippen LogP contribution in [-0.4, -0.2) is 40.0 Å². The van der Waals surface area contributed by atoms with E-state index in [9.17, 15) is 19.8 Å². The normalized spacial score (nSPS) is 25.5. The van der Waals surface area contributed by atoms with Crippen LogP contribution in [0, 0.1) is 5.92 Å².